The number of nitrogens with one attached hydrogen (secondary N) is 6. The minimum absolute atomic E-state index is 0.00410. The molecule has 2 saturated carbocycles. The largest absolute Gasteiger partial charge is 0.355 e. The highest BCUT2D eigenvalue weighted by Crippen LogP contribution is 2.37. The number of thiophene rings is 1. The molecule has 3 aromatic heterocycles. The monoisotopic (exact) mass is 821 g/mol. The molecule has 3 fully saturated rings. The van der Waals surface area contributed by atoms with E-state index < -0.39 is 11.9 Å². The van der Waals surface area contributed by atoms with Crippen molar-refractivity contribution in [2.45, 2.75) is 108 Å². The number of aryl methyl sites for hydroxylation is 1. The van der Waals surface area contributed by atoms with Gasteiger partial charge in [-0.1, -0.05) is 18.0 Å². The molecule has 57 heavy (non-hydrogen) atoms. The summed E-state index contributed by atoms with van der Waals surface area (Å²) < 4.78 is 1.93. The SMILES string of the molecule is Cn1ncc(-c2nc(N[C@H]3CC[C@H](NCC(=O)NCCCCCNCC(=O)NCc4cc5c(s4)C(=O)N(C4CCC(=O)NC4=O)C5)CC3)ncc2Cl)c1CC1CC1. The second-order valence-electron chi connectivity index (χ2n) is 15.6. The molecule has 2 aliphatic heterocycles. The number of piperidine rings is 1. The highest BCUT2D eigenvalue weighted by Gasteiger charge is 2.40. The molecule has 5 heterocycles. The van der Waals surface area contributed by atoms with Crippen LogP contribution in [0.15, 0.2) is 18.5 Å². The average Bonchev–Trinajstić information content (AvgIpc) is 3.71. The van der Waals surface area contributed by atoms with Crippen LogP contribution in [0.4, 0.5) is 5.95 Å². The van der Waals surface area contributed by atoms with Crippen LogP contribution in [0.3, 0.4) is 0 Å². The van der Waals surface area contributed by atoms with Crippen LogP contribution in [0.1, 0.15) is 96.4 Å². The van der Waals surface area contributed by atoms with Crippen LogP contribution in [-0.4, -0.2) is 98.5 Å². The van der Waals surface area contributed by atoms with Crippen LogP contribution in [0.5, 0.6) is 0 Å². The molecule has 7 rings (SSSR count). The summed E-state index contributed by atoms with van der Waals surface area (Å²) in [6.07, 6.45) is 14.0. The van der Waals surface area contributed by atoms with E-state index in [-0.39, 0.29) is 48.7 Å². The number of anilines is 1. The zero-order chi connectivity index (χ0) is 39.9. The maximum absolute atomic E-state index is 12.9. The van der Waals surface area contributed by atoms with Gasteiger partial charge >= 0.3 is 0 Å². The zero-order valence-corrected chi connectivity index (χ0v) is 33.9. The number of unbranched alkanes of at least 4 members (excludes halogenated alkanes) is 2. The molecule has 1 unspecified atom stereocenters. The van der Waals surface area contributed by atoms with Gasteiger partial charge in [0.1, 0.15) is 6.04 Å². The van der Waals surface area contributed by atoms with Gasteiger partial charge in [0.2, 0.25) is 29.6 Å². The molecule has 306 valence electrons. The van der Waals surface area contributed by atoms with E-state index >= 15 is 0 Å². The van der Waals surface area contributed by atoms with Gasteiger partial charge in [0.15, 0.2) is 0 Å². The third-order valence-electron chi connectivity index (χ3n) is 11.2. The van der Waals surface area contributed by atoms with Crippen LogP contribution < -0.4 is 31.9 Å². The highest BCUT2D eigenvalue weighted by molar-refractivity contribution is 7.14. The van der Waals surface area contributed by atoms with Crippen molar-refractivity contribution in [3.8, 4) is 11.3 Å². The van der Waals surface area contributed by atoms with Crippen LogP contribution >= 0.6 is 22.9 Å². The van der Waals surface area contributed by atoms with Crippen molar-refractivity contribution in [3.63, 3.8) is 0 Å². The Balaban J connectivity index is 0.701. The standard InChI is InChI=1S/C39H52ClN11O5S/c1-50-31(15-23-5-6-23)28(18-46-50)35-29(40)19-45-39(49-35)47-26-9-7-25(8-10-26)43-21-34(54)42-14-4-2-3-13-41-20-33(53)44-17-27-16-24-22-51(38(56)36(24)57-27)30-11-12-32(52)48-37(30)55/h16,18-19,23,25-26,30,41,43H,2-15,17,20-22H2,1H3,(H,42,54)(H,44,53)(H,45,47,49)(H,48,52,55)/t25-,26-,30?. The predicted molar refractivity (Wildman–Crippen MR) is 215 cm³/mol. The Kier molecular flexibility index (Phi) is 13.5. The Bertz CT molecular complexity index is 1960. The van der Waals surface area contributed by atoms with E-state index in [4.69, 9.17) is 16.6 Å². The fraction of sp³-hybridized carbons (Fsp3) is 0.590. The van der Waals surface area contributed by atoms with Crippen LogP contribution in [0.2, 0.25) is 5.02 Å². The van der Waals surface area contributed by atoms with Crippen molar-refractivity contribution in [1.29, 1.82) is 0 Å². The summed E-state index contributed by atoms with van der Waals surface area (Å²) in [7, 11) is 1.97. The lowest BCUT2D eigenvalue weighted by Gasteiger charge is -2.29. The van der Waals surface area contributed by atoms with Gasteiger partial charge in [0.05, 0.1) is 47.6 Å². The second kappa shape index (κ2) is 18.9. The molecule has 5 amide bonds. The number of rotatable bonds is 19. The van der Waals surface area contributed by atoms with E-state index in [1.54, 1.807) is 6.20 Å². The van der Waals surface area contributed by atoms with E-state index in [1.807, 2.05) is 24.0 Å². The van der Waals surface area contributed by atoms with E-state index in [1.165, 1.54) is 29.1 Å². The first-order chi connectivity index (χ1) is 27.6. The molecule has 2 aliphatic carbocycles. The quantitative estimate of drug-likeness (QED) is 0.0767. The summed E-state index contributed by atoms with van der Waals surface area (Å²) in [5.74, 6) is 0.215. The third kappa shape index (κ3) is 10.7. The first kappa shape index (κ1) is 40.7. The lowest BCUT2D eigenvalue weighted by atomic mass is 9.91. The van der Waals surface area contributed by atoms with Gasteiger partial charge in [-0.25, -0.2) is 9.97 Å². The van der Waals surface area contributed by atoms with Crippen molar-refractivity contribution in [2.24, 2.45) is 13.0 Å². The molecule has 1 atom stereocenters. The molecule has 0 bridgehead atoms. The second-order valence-corrected chi connectivity index (χ2v) is 17.1. The van der Waals surface area contributed by atoms with Crippen molar-refractivity contribution >= 4 is 58.4 Å². The summed E-state index contributed by atoms with van der Waals surface area (Å²) in [6.45, 7) is 2.44. The van der Waals surface area contributed by atoms with Crippen molar-refractivity contribution in [1.82, 2.24) is 51.2 Å². The first-order valence-electron chi connectivity index (χ1n) is 20.1. The van der Waals surface area contributed by atoms with E-state index in [0.717, 1.165) is 84.7 Å². The number of aromatic nitrogens is 4. The van der Waals surface area contributed by atoms with Crippen LogP contribution in [0.25, 0.3) is 11.3 Å². The number of halogens is 1. The van der Waals surface area contributed by atoms with Crippen molar-refractivity contribution in [2.75, 3.05) is 31.5 Å². The summed E-state index contributed by atoms with van der Waals surface area (Å²) in [4.78, 5) is 73.7. The molecule has 0 aromatic carbocycles. The van der Waals surface area contributed by atoms with Gasteiger partial charge in [-0.3, -0.25) is 34.0 Å². The maximum atomic E-state index is 12.9. The van der Waals surface area contributed by atoms with Crippen LogP contribution in [-0.2, 0) is 45.7 Å². The number of hydrogen-bond donors (Lipinski definition) is 6. The van der Waals surface area contributed by atoms with Crippen molar-refractivity contribution in [3.05, 3.63) is 44.5 Å². The number of nitrogens with zero attached hydrogens (tertiary/aromatic N) is 5. The van der Waals surface area contributed by atoms with Gasteiger partial charge in [-0.05, 0) is 88.3 Å². The minimum atomic E-state index is -0.631. The topological polar surface area (TPSA) is 204 Å². The maximum Gasteiger partial charge on any atom is 0.265 e. The number of carbonyl (C=O) groups excluding carboxylic acids is 5. The fourth-order valence-corrected chi connectivity index (χ4v) is 9.03. The molecule has 0 spiro atoms. The van der Waals surface area contributed by atoms with Gasteiger partial charge in [-0.15, -0.1) is 11.3 Å². The average molecular weight is 822 g/mol. The Morgan fingerprint density at radius 2 is 1.72 bits per heavy atom. The number of fused-ring (bicyclic) bond motifs is 1. The van der Waals surface area contributed by atoms with Gasteiger partial charge in [-0.2, -0.15) is 5.10 Å². The third-order valence-corrected chi connectivity index (χ3v) is 12.6. The fourth-order valence-electron chi connectivity index (χ4n) is 7.77. The smallest absolute Gasteiger partial charge is 0.265 e. The van der Waals surface area contributed by atoms with Gasteiger partial charge in [0, 0.05) is 54.8 Å². The Labute approximate surface area is 341 Å². The van der Waals surface area contributed by atoms with E-state index in [2.05, 4.69) is 42.0 Å². The lowest BCUT2D eigenvalue weighted by molar-refractivity contribution is -0.137. The molecule has 16 nitrogen and oxygen atoms in total. The van der Waals surface area contributed by atoms with Crippen LogP contribution in [0, 0.1) is 5.92 Å². The summed E-state index contributed by atoms with van der Waals surface area (Å²) in [6, 6.07) is 1.80. The predicted octanol–water partition coefficient (Wildman–Crippen LogP) is 2.81. The zero-order valence-electron chi connectivity index (χ0n) is 32.3. The molecule has 6 N–H and O–H groups in total. The van der Waals surface area contributed by atoms with Crippen molar-refractivity contribution < 1.29 is 24.0 Å². The normalized spacial score (nSPS) is 20.7. The molecule has 0 radical (unpaired) electrons. The summed E-state index contributed by atoms with van der Waals surface area (Å²) in [5, 5.41) is 23.3. The van der Waals surface area contributed by atoms with E-state index in [9.17, 15) is 24.0 Å². The first-order valence-corrected chi connectivity index (χ1v) is 21.3. The summed E-state index contributed by atoms with van der Waals surface area (Å²) in [5.41, 5.74) is 3.70. The Morgan fingerprint density at radius 3 is 2.49 bits per heavy atom. The minimum Gasteiger partial charge on any atom is -0.355 e. The number of carbonyl (C=O) groups is 5. The Hall–Kier alpha value is -4.45. The lowest BCUT2D eigenvalue weighted by Crippen LogP contribution is -2.52. The van der Waals surface area contributed by atoms with Gasteiger partial charge < -0.3 is 31.5 Å². The molecule has 4 aliphatic rings. The molecule has 1 saturated heterocycles. The van der Waals surface area contributed by atoms with Gasteiger partial charge in [0.25, 0.3) is 5.91 Å². The molecule has 18 heteroatoms. The summed E-state index contributed by atoms with van der Waals surface area (Å²) >= 11 is 7.88. The highest BCUT2D eigenvalue weighted by atomic mass is 35.5. The molecular formula is C39H52ClN11O5S. The molecule has 3 aromatic rings. The number of amides is 5. The number of hydrogen-bond acceptors (Lipinski definition) is 12. The van der Waals surface area contributed by atoms with E-state index in [0.29, 0.717) is 55.0 Å². The Morgan fingerprint density at radius 1 is 0.947 bits per heavy atom. The molecular weight excluding hydrogens is 770 g/mol. The number of imide groups is 1.